The van der Waals surface area contributed by atoms with E-state index in [-0.39, 0.29) is 16.7 Å². The van der Waals surface area contributed by atoms with Gasteiger partial charge in [-0.1, -0.05) is 24.3 Å². The second-order valence-corrected chi connectivity index (χ2v) is 11.2. The van der Waals surface area contributed by atoms with Crippen molar-refractivity contribution in [3.05, 3.63) is 78.6 Å². The molecule has 9 nitrogen and oxygen atoms in total. The van der Waals surface area contributed by atoms with E-state index in [0.29, 0.717) is 16.8 Å². The molecule has 0 N–H and O–H groups in total. The fraction of sp³-hybridized carbons (Fsp3) is 0.259. The smallest absolute Gasteiger partial charge is 0.495 e. The summed E-state index contributed by atoms with van der Waals surface area (Å²) in [5.41, 5.74) is -3.09. The minimum atomic E-state index is -4.41. The van der Waals surface area contributed by atoms with Crippen molar-refractivity contribution >= 4 is 45.0 Å². The van der Waals surface area contributed by atoms with Crippen LogP contribution in [0.25, 0.3) is 11.0 Å². The highest BCUT2D eigenvalue weighted by atomic mass is 32.3. The number of para-hydroxylation sites is 2. The van der Waals surface area contributed by atoms with Gasteiger partial charge in [-0.2, -0.15) is 31.6 Å². The Labute approximate surface area is 264 Å². The van der Waals surface area contributed by atoms with Gasteiger partial charge in [0.1, 0.15) is 16.9 Å². The highest BCUT2D eigenvalue weighted by Crippen LogP contribution is 2.37. The third-order valence-electron chi connectivity index (χ3n) is 5.18. The summed E-state index contributed by atoms with van der Waals surface area (Å²) in [5, 5.41) is 10.4. The molecule has 0 fully saturated rings. The molecular formula is C27H27F6N3O6S3. The van der Waals surface area contributed by atoms with Gasteiger partial charge in [0.05, 0.1) is 35.4 Å². The van der Waals surface area contributed by atoms with Crippen LogP contribution in [0.3, 0.4) is 0 Å². The van der Waals surface area contributed by atoms with Crippen molar-refractivity contribution in [2.45, 2.75) is 21.5 Å². The second kappa shape index (κ2) is 17.8. The number of aryl methyl sites for hydroxylation is 2. The number of aromatic nitrogens is 2. The minimum Gasteiger partial charge on any atom is -0.726 e. The fourth-order valence-corrected chi connectivity index (χ4v) is 4.40. The van der Waals surface area contributed by atoms with Gasteiger partial charge < -0.3 is 14.0 Å². The normalized spacial score (nSPS) is 11.1. The van der Waals surface area contributed by atoms with E-state index >= 15 is 0 Å². The largest absolute Gasteiger partial charge is 0.726 e. The number of thioether (sulfide) groups is 2. The Morgan fingerprint density at radius 1 is 0.867 bits per heavy atom. The molecule has 0 saturated heterocycles. The first kappa shape index (κ1) is 39.4. The molecule has 3 aromatic carbocycles. The van der Waals surface area contributed by atoms with E-state index in [9.17, 15) is 39.3 Å². The van der Waals surface area contributed by atoms with Crippen molar-refractivity contribution in [1.82, 2.24) is 4.57 Å². The van der Waals surface area contributed by atoms with Gasteiger partial charge in [-0.15, -0.1) is 0 Å². The standard InChI is InChI=1S/C10H10F3N2.C8H7F3OS.C8H7NOS.CH4O4S/c1-14-7-5-3-4-6-8(7)15(2)9(14)10(11,12)13;1-12-6-3-2-4-7(5-6)13-8(9,10)11;1-10-7-3-2-4-8(5-7)11-6-9;1-5-6(2,3)4/h3-6H,1-2H3;2-5H,1H3;2-5H,1H3;1H3,(H,2,3,4)/q+1;;;/p-1. The van der Waals surface area contributed by atoms with Crippen molar-refractivity contribution in [2.24, 2.45) is 14.1 Å². The molecule has 4 aromatic rings. The predicted molar refractivity (Wildman–Crippen MR) is 155 cm³/mol. The minimum absolute atomic E-state index is 0.131. The van der Waals surface area contributed by atoms with Gasteiger partial charge in [-0.3, -0.25) is 4.18 Å². The molecule has 1 aromatic heterocycles. The first-order valence-corrected chi connectivity index (χ1v) is 14.9. The van der Waals surface area contributed by atoms with E-state index in [2.05, 4.69) is 4.18 Å². The maximum atomic E-state index is 12.7. The summed E-state index contributed by atoms with van der Waals surface area (Å²) in [7, 11) is 2.26. The number of thiocyanates is 1. The lowest BCUT2D eigenvalue weighted by molar-refractivity contribution is -0.667. The highest BCUT2D eigenvalue weighted by molar-refractivity contribution is 8.03. The Morgan fingerprint density at radius 3 is 1.78 bits per heavy atom. The predicted octanol–water partition coefficient (Wildman–Crippen LogP) is 6.69. The van der Waals surface area contributed by atoms with Gasteiger partial charge in [0, 0.05) is 9.79 Å². The quantitative estimate of drug-likeness (QED) is 0.0561. The van der Waals surface area contributed by atoms with Crippen LogP contribution in [-0.2, 0) is 34.9 Å². The number of hydrogen-bond donors (Lipinski definition) is 0. The zero-order chi connectivity index (χ0) is 34.4. The summed E-state index contributed by atoms with van der Waals surface area (Å²) >= 11 is 0.981. The monoisotopic (exact) mass is 699 g/mol. The molecule has 0 aliphatic heterocycles. The SMILES string of the molecule is COS(=O)(=O)[O-].COc1cccc(SC#N)c1.COc1cccc(SC(F)(F)F)c1.Cn1c(C(F)(F)F)[n+](C)c2ccccc21. The summed E-state index contributed by atoms with van der Waals surface area (Å²) in [4.78, 5) is 1.04. The Hall–Kier alpha value is -3.63. The molecular weight excluding hydrogens is 673 g/mol. The number of hydrogen-bond acceptors (Lipinski definition) is 9. The molecule has 1 heterocycles. The third-order valence-corrected chi connectivity index (χ3v) is 6.89. The summed E-state index contributed by atoms with van der Waals surface area (Å²) in [6, 6.07) is 20.1. The number of ether oxygens (including phenoxy) is 2. The molecule has 0 aliphatic rings. The maximum absolute atomic E-state index is 12.7. The average molecular weight is 700 g/mol. The molecule has 0 unspecified atom stereocenters. The van der Waals surface area contributed by atoms with Crippen LogP contribution in [0, 0.1) is 10.7 Å². The van der Waals surface area contributed by atoms with Crippen molar-refractivity contribution < 1.29 is 57.5 Å². The molecule has 4 rings (SSSR count). The molecule has 246 valence electrons. The summed E-state index contributed by atoms with van der Waals surface area (Å²) in [5.74, 6) is 0.559. The second-order valence-electron chi connectivity index (χ2n) is 8.10. The number of benzene rings is 3. The van der Waals surface area contributed by atoms with Crippen LogP contribution in [0.2, 0.25) is 0 Å². The number of alkyl halides is 6. The molecule has 0 saturated carbocycles. The molecule has 0 aliphatic carbocycles. The average Bonchev–Trinajstić information content (AvgIpc) is 3.23. The van der Waals surface area contributed by atoms with E-state index in [0.717, 1.165) is 38.7 Å². The molecule has 0 amide bonds. The van der Waals surface area contributed by atoms with Gasteiger partial charge >= 0.3 is 17.5 Å². The molecule has 45 heavy (non-hydrogen) atoms. The molecule has 0 radical (unpaired) electrons. The van der Waals surface area contributed by atoms with E-state index in [1.54, 1.807) is 37.4 Å². The lowest BCUT2D eigenvalue weighted by atomic mass is 10.3. The van der Waals surface area contributed by atoms with Crippen LogP contribution in [0.4, 0.5) is 26.3 Å². The summed E-state index contributed by atoms with van der Waals surface area (Å²) in [6.07, 6.45) is -4.33. The van der Waals surface area contributed by atoms with Crippen LogP contribution in [0.15, 0.2) is 82.6 Å². The van der Waals surface area contributed by atoms with Gasteiger partial charge in [-0.25, -0.2) is 17.6 Å². The topological polar surface area (TPSA) is 117 Å². The van der Waals surface area contributed by atoms with E-state index < -0.39 is 27.9 Å². The zero-order valence-electron chi connectivity index (χ0n) is 24.2. The number of rotatable bonds is 5. The lowest BCUT2D eigenvalue weighted by Gasteiger charge is -2.06. The Bertz CT molecular complexity index is 1630. The summed E-state index contributed by atoms with van der Waals surface area (Å²) in [6.45, 7) is 0. The van der Waals surface area contributed by atoms with Crippen LogP contribution >= 0.6 is 23.5 Å². The molecule has 0 bridgehead atoms. The van der Waals surface area contributed by atoms with Crippen molar-refractivity contribution in [2.75, 3.05) is 21.3 Å². The van der Waals surface area contributed by atoms with E-state index in [1.807, 2.05) is 29.7 Å². The Morgan fingerprint density at radius 2 is 1.36 bits per heavy atom. The first-order chi connectivity index (χ1) is 20.9. The third kappa shape index (κ3) is 14.3. The number of imidazole rings is 1. The number of fused-ring (bicyclic) bond motifs is 1. The van der Waals surface area contributed by atoms with E-state index in [1.165, 1.54) is 39.4 Å². The Balaban J connectivity index is 0.000000313. The number of nitriles is 1. The molecule has 0 spiro atoms. The van der Waals surface area contributed by atoms with Crippen LogP contribution < -0.4 is 14.0 Å². The maximum Gasteiger partial charge on any atom is 0.495 e. The Kier molecular flexibility index (Phi) is 15.5. The zero-order valence-corrected chi connectivity index (χ0v) is 26.7. The molecule has 0 atom stereocenters. The van der Waals surface area contributed by atoms with Crippen molar-refractivity contribution in [1.29, 1.82) is 5.26 Å². The number of methoxy groups -OCH3 is 2. The van der Waals surface area contributed by atoms with Crippen LogP contribution in [0.5, 0.6) is 11.5 Å². The summed E-state index contributed by atoms with van der Waals surface area (Å²) < 4.78 is 117. The van der Waals surface area contributed by atoms with Crippen LogP contribution in [0.1, 0.15) is 5.82 Å². The van der Waals surface area contributed by atoms with Crippen LogP contribution in [-0.4, -0.2) is 44.4 Å². The van der Waals surface area contributed by atoms with Gasteiger partial charge in [0.25, 0.3) is 0 Å². The van der Waals surface area contributed by atoms with Crippen molar-refractivity contribution in [3.63, 3.8) is 0 Å². The van der Waals surface area contributed by atoms with Gasteiger partial charge in [0.15, 0.2) is 11.0 Å². The lowest BCUT2D eigenvalue weighted by Crippen LogP contribution is -2.37. The first-order valence-electron chi connectivity index (χ1n) is 12.0. The number of halogens is 6. The van der Waals surface area contributed by atoms with Gasteiger partial charge in [0.2, 0.25) is 10.4 Å². The van der Waals surface area contributed by atoms with Gasteiger partial charge in [-0.05, 0) is 72.1 Å². The van der Waals surface area contributed by atoms with E-state index in [4.69, 9.17) is 14.7 Å². The fourth-order valence-electron chi connectivity index (χ4n) is 3.38. The van der Waals surface area contributed by atoms with Crippen molar-refractivity contribution in [3.8, 4) is 16.9 Å². The molecule has 18 heteroatoms. The highest BCUT2D eigenvalue weighted by Gasteiger charge is 2.45. The number of nitrogens with zero attached hydrogens (tertiary/aromatic N) is 3.